The molecule has 0 aliphatic rings. The number of thiophene rings is 1. The SMILES string of the molecule is C=Cc1cc(=C)/c(=C\C=C/C)s1. The van der Waals surface area contributed by atoms with Crippen molar-refractivity contribution < 1.29 is 0 Å². The van der Waals surface area contributed by atoms with Crippen LogP contribution in [0.15, 0.2) is 24.8 Å². The van der Waals surface area contributed by atoms with Gasteiger partial charge in [0.1, 0.15) is 0 Å². The highest BCUT2D eigenvalue weighted by Crippen LogP contribution is 2.00. The Morgan fingerprint density at radius 3 is 2.75 bits per heavy atom. The molecule has 1 heterocycles. The highest BCUT2D eigenvalue weighted by atomic mass is 32.1. The molecule has 1 aromatic rings. The Balaban J connectivity index is 3.25. The van der Waals surface area contributed by atoms with Crippen LogP contribution in [0.3, 0.4) is 0 Å². The van der Waals surface area contributed by atoms with Crippen LogP contribution < -0.4 is 9.75 Å². The molecule has 0 bridgehead atoms. The first-order valence-corrected chi connectivity index (χ1v) is 4.64. The van der Waals surface area contributed by atoms with Crippen molar-refractivity contribution in [3.05, 3.63) is 39.4 Å². The van der Waals surface area contributed by atoms with Crippen molar-refractivity contribution in [3.8, 4) is 0 Å². The van der Waals surface area contributed by atoms with E-state index in [0.29, 0.717) is 0 Å². The molecule has 1 aromatic heterocycles. The van der Waals surface area contributed by atoms with Crippen molar-refractivity contribution >= 4 is 30.1 Å². The average molecular weight is 176 g/mol. The Morgan fingerprint density at radius 2 is 2.25 bits per heavy atom. The van der Waals surface area contributed by atoms with Crippen LogP contribution >= 0.6 is 11.3 Å². The van der Waals surface area contributed by atoms with Gasteiger partial charge in [-0.05, 0) is 24.3 Å². The van der Waals surface area contributed by atoms with Crippen molar-refractivity contribution in [1.82, 2.24) is 0 Å². The van der Waals surface area contributed by atoms with Crippen LogP contribution in [0, 0.1) is 0 Å². The van der Waals surface area contributed by atoms with Gasteiger partial charge >= 0.3 is 0 Å². The molecule has 0 saturated heterocycles. The predicted octanol–water partition coefficient (Wildman–Crippen LogP) is 2.16. The van der Waals surface area contributed by atoms with E-state index in [2.05, 4.69) is 19.2 Å². The van der Waals surface area contributed by atoms with Gasteiger partial charge < -0.3 is 0 Å². The molecule has 12 heavy (non-hydrogen) atoms. The van der Waals surface area contributed by atoms with Crippen LogP contribution in [-0.2, 0) is 0 Å². The Hall–Kier alpha value is -1.08. The summed E-state index contributed by atoms with van der Waals surface area (Å²) in [5.41, 5.74) is 0. The Morgan fingerprint density at radius 1 is 1.50 bits per heavy atom. The van der Waals surface area contributed by atoms with Gasteiger partial charge in [-0.3, -0.25) is 0 Å². The maximum absolute atomic E-state index is 3.94. The van der Waals surface area contributed by atoms with Crippen LogP contribution in [0.4, 0.5) is 0 Å². The Labute approximate surface area is 76.9 Å². The molecule has 62 valence electrons. The fraction of sp³-hybridized carbons (Fsp3) is 0.0909. The molecule has 0 amide bonds. The van der Waals surface area contributed by atoms with Crippen molar-refractivity contribution in [2.24, 2.45) is 0 Å². The summed E-state index contributed by atoms with van der Waals surface area (Å²) in [6, 6.07) is 2.05. The maximum atomic E-state index is 3.94. The summed E-state index contributed by atoms with van der Waals surface area (Å²) in [5, 5.41) is 1.08. The third-order valence-electron chi connectivity index (χ3n) is 1.50. The lowest BCUT2D eigenvalue weighted by Crippen LogP contribution is -2.14. The second-order valence-corrected chi connectivity index (χ2v) is 3.55. The molecule has 0 nitrogen and oxygen atoms in total. The van der Waals surface area contributed by atoms with Gasteiger partial charge in [0.2, 0.25) is 0 Å². The second-order valence-electron chi connectivity index (χ2n) is 2.43. The summed E-state index contributed by atoms with van der Waals surface area (Å²) in [6.07, 6.45) is 7.95. The van der Waals surface area contributed by atoms with Gasteiger partial charge in [-0.25, -0.2) is 0 Å². The molecule has 0 radical (unpaired) electrons. The first-order valence-electron chi connectivity index (χ1n) is 3.82. The lowest BCUT2D eigenvalue weighted by atomic mass is 10.4. The Bertz CT molecular complexity index is 393. The topological polar surface area (TPSA) is 0 Å². The fourth-order valence-corrected chi connectivity index (χ4v) is 1.77. The summed E-state index contributed by atoms with van der Waals surface area (Å²) in [5.74, 6) is 0. The molecule has 0 N–H and O–H groups in total. The molecule has 1 rings (SSSR count). The van der Waals surface area contributed by atoms with E-state index in [-0.39, 0.29) is 0 Å². The van der Waals surface area contributed by atoms with Gasteiger partial charge in [0.25, 0.3) is 0 Å². The van der Waals surface area contributed by atoms with Crippen molar-refractivity contribution in [1.29, 1.82) is 0 Å². The van der Waals surface area contributed by atoms with Crippen LogP contribution in [0.5, 0.6) is 0 Å². The number of allylic oxidation sites excluding steroid dienone is 2. The zero-order chi connectivity index (χ0) is 8.97. The quantitative estimate of drug-likeness (QED) is 0.648. The summed E-state index contributed by atoms with van der Waals surface area (Å²) in [7, 11) is 0. The summed E-state index contributed by atoms with van der Waals surface area (Å²) in [4.78, 5) is 1.18. The van der Waals surface area contributed by atoms with Gasteiger partial charge in [0, 0.05) is 9.41 Å². The lowest BCUT2D eigenvalue weighted by Gasteiger charge is -1.74. The number of rotatable bonds is 2. The second kappa shape index (κ2) is 4.07. The van der Waals surface area contributed by atoms with Gasteiger partial charge in [0.05, 0.1) is 0 Å². The van der Waals surface area contributed by atoms with Crippen molar-refractivity contribution in [3.63, 3.8) is 0 Å². The molecule has 0 aliphatic heterocycles. The van der Waals surface area contributed by atoms with Gasteiger partial charge in [0.15, 0.2) is 0 Å². The zero-order valence-corrected chi connectivity index (χ0v) is 8.03. The minimum Gasteiger partial charge on any atom is -0.136 e. The molecule has 1 heteroatoms. The molecule has 0 spiro atoms. The molecular formula is C11H12S. The fourth-order valence-electron chi connectivity index (χ4n) is 0.890. The van der Waals surface area contributed by atoms with Crippen LogP contribution in [0.25, 0.3) is 18.7 Å². The number of hydrogen-bond acceptors (Lipinski definition) is 1. The molecule has 0 atom stereocenters. The van der Waals surface area contributed by atoms with E-state index in [9.17, 15) is 0 Å². The zero-order valence-electron chi connectivity index (χ0n) is 7.21. The molecule has 0 fully saturated rings. The van der Waals surface area contributed by atoms with E-state index in [1.165, 1.54) is 9.41 Å². The van der Waals surface area contributed by atoms with E-state index >= 15 is 0 Å². The normalized spacial score (nSPS) is 12.6. The Kier molecular flexibility index (Phi) is 3.06. The van der Waals surface area contributed by atoms with E-state index in [1.54, 1.807) is 11.3 Å². The third-order valence-corrected chi connectivity index (χ3v) is 2.64. The largest absolute Gasteiger partial charge is 0.136 e. The van der Waals surface area contributed by atoms with Crippen LogP contribution in [0.1, 0.15) is 11.8 Å². The average Bonchev–Trinajstić information content (AvgIpc) is 2.43. The third kappa shape index (κ3) is 1.95. The molecular weight excluding hydrogens is 164 g/mol. The highest BCUT2D eigenvalue weighted by molar-refractivity contribution is 7.10. The van der Waals surface area contributed by atoms with Crippen LogP contribution in [0.2, 0.25) is 0 Å². The van der Waals surface area contributed by atoms with Gasteiger partial charge in [-0.2, -0.15) is 0 Å². The number of hydrogen-bond donors (Lipinski definition) is 0. The summed E-state index contributed by atoms with van der Waals surface area (Å²) in [6.45, 7) is 9.66. The summed E-state index contributed by atoms with van der Waals surface area (Å²) < 4.78 is 1.21. The highest BCUT2D eigenvalue weighted by Gasteiger charge is 1.89. The predicted molar refractivity (Wildman–Crippen MR) is 58.5 cm³/mol. The first kappa shape index (κ1) is 9.01. The molecule has 0 unspecified atom stereocenters. The minimum absolute atomic E-state index is 1.08. The minimum atomic E-state index is 1.08. The standard InChI is InChI=1S/C11H12S/c1-4-6-7-11-9(3)8-10(5-2)12-11/h4-8H,2-3H2,1H3/b6-4-,11-7+. The molecule has 0 saturated carbocycles. The van der Waals surface area contributed by atoms with E-state index in [1.807, 2.05) is 31.2 Å². The molecule has 0 aliphatic carbocycles. The van der Waals surface area contributed by atoms with Gasteiger partial charge in [-0.15, -0.1) is 11.3 Å². The smallest absolute Gasteiger partial charge is 0.0343 e. The molecule has 0 aromatic carbocycles. The van der Waals surface area contributed by atoms with E-state index < -0.39 is 0 Å². The van der Waals surface area contributed by atoms with Crippen molar-refractivity contribution in [2.75, 3.05) is 0 Å². The summed E-state index contributed by atoms with van der Waals surface area (Å²) >= 11 is 1.71. The lowest BCUT2D eigenvalue weighted by molar-refractivity contribution is 1.72. The first-order chi connectivity index (χ1) is 5.77. The van der Waals surface area contributed by atoms with Gasteiger partial charge in [-0.1, -0.05) is 31.4 Å². The monoisotopic (exact) mass is 176 g/mol. The van der Waals surface area contributed by atoms with E-state index in [4.69, 9.17) is 0 Å². The van der Waals surface area contributed by atoms with Crippen molar-refractivity contribution in [2.45, 2.75) is 6.92 Å². The van der Waals surface area contributed by atoms with Crippen LogP contribution in [-0.4, -0.2) is 0 Å². The van der Waals surface area contributed by atoms with E-state index in [0.717, 1.165) is 5.22 Å². The maximum Gasteiger partial charge on any atom is 0.0343 e.